The molecule has 1 saturated heterocycles. The lowest BCUT2D eigenvalue weighted by Crippen LogP contribution is -2.31. The maximum Gasteiger partial charge on any atom is 0.160 e. The molecule has 2 fully saturated rings. The molecule has 0 bridgehead atoms. The summed E-state index contributed by atoms with van der Waals surface area (Å²) in [6.45, 7) is 3.38. The SMILES string of the molecule is C[C@@H]1CN2C(=N[C@H](c3ccccn3)[C@H]2c2cccn2C2CCCCC2)S1. The number of hydrogen-bond donors (Lipinski definition) is 0. The highest BCUT2D eigenvalue weighted by Gasteiger charge is 2.44. The number of hydrogen-bond acceptors (Lipinski definition) is 4. The predicted octanol–water partition coefficient (Wildman–Crippen LogP) is 4.98. The van der Waals surface area contributed by atoms with Gasteiger partial charge in [0.2, 0.25) is 0 Å². The quantitative estimate of drug-likeness (QED) is 0.768. The Labute approximate surface area is 159 Å². The van der Waals surface area contributed by atoms with Crippen molar-refractivity contribution in [3.8, 4) is 0 Å². The molecule has 2 aromatic heterocycles. The molecule has 0 spiro atoms. The van der Waals surface area contributed by atoms with E-state index in [4.69, 9.17) is 4.99 Å². The molecule has 136 valence electrons. The summed E-state index contributed by atoms with van der Waals surface area (Å²) >= 11 is 1.92. The third-order valence-electron chi connectivity index (χ3n) is 5.96. The van der Waals surface area contributed by atoms with Crippen LogP contribution in [0, 0.1) is 0 Å². The molecule has 1 saturated carbocycles. The largest absolute Gasteiger partial charge is 0.346 e. The molecule has 2 aromatic rings. The van der Waals surface area contributed by atoms with E-state index in [9.17, 15) is 0 Å². The van der Waals surface area contributed by atoms with Crippen molar-refractivity contribution >= 4 is 16.9 Å². The fourth-order valence-corrected chi connectivity index (χ4v) is 5.88. The van der Waals surface area contributed by atoms with Crippen LogP contribution in [0.15, 0.2) is 47.7 Å². The first-order valence-corrected chi connectivity index (χ1v) is 10.8. The average molecular weight is 367 g/mol. The summed E-state index contributed by atoms with van der Waals surface area (Å²) in [5.74, 6) is 0. The van der Waals surface area contributed by atoms with Crippen LogP contribution in [-0.2, 0) is 0 Å². The van der Waals surface area contributed by atoms with Gasteiger partial charge < -0.3 is 9.47 Å². The van der Waals surface area contributed by atoms with Crippen molar-refractivity contribution in [1.29, 1.82) is 0 Å². The lowest BCUT2D eigenvalue weighted by Gasteiger charge is -2.32. The Kier molecular flexibility index (Phi) is 4.27. The first-order chi connectivity index (χ1) is 12.8. The summed E-state index contributed by atoms with van der Waals surface area (Å²) in [4.78, 5) is 12.3. The van der Waals surface area contributed by atoms with E-state index in [0.717, 1.165) is 12.2 Å². The standard InChI is InChI=1S/C21H26N4S/c1-15-14-25-20(18-11-7-13-24(18)16-8-3-2-4-9-16)19(23-21(25)26-15)17-10-5-6-12-22-17/h5-7,10-13,15-16,19-20H,2-4,8-9,14H2,1H3/t15-,19-,20-/m1/s1. The summed E-state index contributed by atoms with van der Waals surface area (Å²) < 4.78 is 2.56. The van der Waals surface area contributed by atoms with Gasteiger partial charge in [-0.25, -0.2) is 0 Å². The number of amidine groups is 1. The molecule has 4 nitrogen and oxygen atoms in total. The Hall–Kier alpha value is -1.75. The van der Waals surface area contributed by atoms with Crippen LogP contribution in [0.3, 0.4) is 0 Å². The first-order valence-electron chi connectivity index (χ1n) is 9.90. The van der Waals surface area contributed by atoms with Gasteiger partial charge in [0.05, 0.1) is 11.7 Å². The summed E-state index contributed by atoms with van der Waals surface area (Å²) in [6, 6.07) is 11.8. The van der Waals surface area contributed by atoms with Gasteiger partial charge in [-0.3, -0.25) is 9.98 Å². The second-order valence-corrected chi connectivity index (χ2v) is 9.17. The molecular weight excluding hydrogens is 340 g/mol. The maximum absolute atomic E-state index is 5.12. The molecule has 26 heavy (non-hydrogen) atoms. The number of rotatable bonds is 3. The topological polar surface area (TPSA) is 33.4 Å². The van der Waals surface area contributed by atoms with Gasteiger partial charge in [0.25, 0.3) is 0 Å². The van der Waals surface area contributed by atoms with E-state index in [2.05, 4.69) is 51.8 Å². The number of aliphatic imine (C=N–C) groups is 1. The van der Waals surface area contributed by atoms with Gasteiger partial charge in [-0.05, 0) is 37.1 Å². The highest BCUT2D eigenvalue weighted by Crippen LogP contribution is 2.48. The molecule has 3 aliphatic rings. The number of fused-ring (bicyclic) bond motifs is 1. The van der Waals surface area contributed by atoms with Gasteiger partial charge in [0.15, 0.2) is 5.17 Å². The van der Waals surface area contributed by atoms with Crippen LogP contribution in [0.2, 0.25) is 0 Å². The summed E-state index contributed by atoms with van der Waals surface area (Å²) in [5, 5.41) is 1.81. The van der Waals surface area contributed by atoms with Crippen molar-refractivity contribution in [3.63, 3.8) is 0 Å². The van der Waals surface area contributed by atoms with Gasteiger partial charge in [0, 0.05) is 35.9 Å². The highest BCUT2D eigenvalue weighted by molar-refractivity contribution is 8.14. The zero-order valence-corrected chi connectivity index (χ0v) is 16.1. The summed E-state index contributed by atoms with van der Waals surface area (Å²) in [7, 11) is 0. The lowest BCUT2D eigenvalue weighted by molar-refractivity contribution is 0.282. The Bertz CT molecular complexity index is 793. The van der Waals surface area contributed by atoms with Gasteiger partial charge in [-0.2, -0.15) is 0 Å². The van der Waals surface area contributed by atoms with E-state index in [-0.39, 0.29) is 12.1 Å². The second kappa shape index (κ2) is 6.76. The molecule has 5 heteroatoms. The van der Waals surface area contributed by atoms with E-state index in [1.807, 2.05) is 24.0 Å². The Morgan fingerprint density at radius 1 is 1.08 bits per heavy atom. The van der Waals surface area contributed by atoms with Crippen LogP contribution in [-0.4, -0.2) is 31.4 Å². The Balaban J connectivity index is 1.55. The normalized spacial score (nSPS) is 29.0. The average Bonchev–Trinajstić information content (AvgIpc) is 3.37. The minimum absolute atomic E-state index is 0.100. The summed E-state index contributed by atoms with van der Waals surface area (Å²) in [5.41, 5.74) is 2.50. The van der Waals surface area contributed by atoms with Crippen molar-refractivity contribution in [3.05, 3.63) is 54.1 Å². The van der Waals surface area contributed by atoms with Gasteiger partial charge in [0.1, 0.15) is 6.04 Å². The molecule has 0 unspecified atom stereocenters. The van der Waals surface area contributed by atoms with E-state index < -0.39 is 0 Å². The molecule has 3 atom stereocenters. The molecule has 0 amide bonds. The van der Waals surface area contributed by atoms with Crippen molar-refractivity contribution in [1.82, 2.24) is 14.5 Å². The van der Waals surface area contributed by atoms with Crippen molar-refractivity contribution in [2.45, 2.75) is 62.4 Å². The smallest absolute Gasteiger partial charge is 0.160 e. The number of pyridine rings is 1. The number of thioether (sulfide) groups is 1. The summed E-state index contributed by atoms with van der Waals surface area (Å²) in [6.07, 6.45) is 10.9. The molecular formula is C21H26N4S. The van der Waals surface area contributed by atoms with Crippen molar-refractivity contribution in [2.24, 2.45) is 4.99 Å². The van der Waals surface area contributed by atoms with Crippen LogP contribution in [0.4, 0.5) is 0 Å². The van der Waals surface area contributed by atoms with Crippen molar-refractivity contribution < 1.29 is 0 Å². The van der Waals surface area contributed by atoms with Gasteiger partial charge >= 0.3 is 0 Å². The van der Waals surface area contributed by atoms with Crippen LogP contribution in [0.1, 0.15) is 68.5 Å². The monoisotopic (exact) mass is 366 g/mol. The highest BCUT2D eigenvalue weighted by atomic mass is 32.2. The molecule has 0 aromatic carbocycles. The molecule has 5 rings (SSSR count). The first kappa shape index (κ1) is 16.4. The van der Waals surface area contributed by atoms with Crippen LogP contribution < -0.4 is 0 Å². The number of nitrogens with zero attached hydrogens (tertiary/aromatic N) is 4. The minimum atomic E-state index is 0.100. The Morgan fingerprint density at radius 3 is 2.77 bits per heavy atom. The molecule has 2 aliphatic heterocycles. The molecule has 0 radical (unpaired) electrons. The fraction of sp³-hybridized carbons (Fsp3) is 0.524. The Morgan fingerprint density at radius 2 is 1.96 bits per heavy atom. The predicted molar refractivity (Wildman–Crippen MR) is 107 cm³/mol. The van der Waals surface area contributed by atoms with E-state index in [1.165, 1.54) is 43.0 Å². The molecule has 0 N–H and O–H groups in total. The molecule has 1 aliphatic carbocycles. The van der Waals surface area contributed by atoms with Crippen LogP contribution >= 0.6 is 11.8 Å². The van der Waals surface area contributed by atoms with E-state index in [1.54, 1.807) is 0 Å². The van der Waals surface area contributed by atoms with Crippen LogP contribution in [0.25, 0.3) is 0 Å². The maximum atomic E-state index is 5.12. The van der Waals surface area contributed by atoms with Gasteiger partial charge in [-0.1, -0.05) is 44.0 Å². The van der Waals surface area contributed by atoms with Crippen LogP contribution in [0.5, 0.6) is 0 Å². The second-order valence-electron chi connectivity index (χ2n) is 7.77. The third-order valence-corrected chi connectivity index (χ3v) is 7.07. The fourth-order valence-electron chi connectivity index (χ4n) is 4.79. The minimum Gasteiger partial charge on any atom is -0.346 e. The van der Waals surface area contributed by atoms with E-state index in [0.29, 0.717) is 11.3 Å². The lowest BCUT2D eigenvalue weighted by atomic mass is 9.94. The molecule has 4 heterocycles. The van der Waals surface area contributed by atoms with Crippen molar-refractivity contribution in [2.75, 3.05) is 6.54 Å². The van der Waals surface area contributed by atoms with E-state index >= 15 is 0 Å². The third kappa shape index (κ3) is 2.77. The number of aromatic nitrogens is 2. The zero-order chi connectivity index (χ0) is 17.5. The van der Waals surface area contributed by atoms with Gasteiger partial charge in [-0.15, -0.1) is 0 Å². The zero-order valence-electron chi connectivity index (χ0n) is 15.3.